The number of ether oxygens (including phenoxy) is 1. The number of halogens is 1. The number of benzene rings is 2. The number of hydrogen-bond donors (Lipinski definition) is 1. The van der Waals surface area contributed by atoms with E-state index in [2.05, 4.69) is 48.0 Å². The van der Waals surface area contributed by atoms with Crippen LogP contribution in [0.1, 0.15) is 24.5 Å². The molecule has 0 radical (unpaired) electrons. The number of quaternary nitrogens is 1. The number of piperidine rings is 3. The fourth-order valence-electron chi connectivity index (χ4n) is 5.89. The molecule has 2 aromatic carbocycles. The van der Waals surface area contributed by atoms with Crippen molar-refractivity contribution in [3.05, 3.63) is 79.0 Å². The second-order valence-corrected chi connectivity index (χ2v) is 8.76. The van der Waals surface area contributed by atoms with Crippen molar-refractivity contribution in [1.82, 2.24) is 9.47 Å². The number of aromatic nitrogens is 1. The summed E-state index contributed by atoms with van der Waals surface area (Å²) in [5.41, 5.74) is 3.13. The molecule has 4 heterocycles. The molecule has 1 aromatic heterocycles. The summed E-state index contributed by atoms with van der Waals surface area (Å²) < 4.78 is 6.27. The molecule has 4 nitrogen and oxygen atoms in total. The highest BCUT2D eigenvalue weighted by atomic mass is 35.5. The van der Waals surface area contributed by atoms with Gasteiger partial charge in [0.1, 0.15) is 23.6 Å². The molecule has 3 aliphatic rings. The smallest absolute Gasteiger partial charge is 0.133 e. The van der Waals surface area contributed by atoms with Crippen LogP contribution in [0, 0.1) is 11.8 Å². The Labute approximate surface area is 190 Å². The van der Waals surface area contributed by atoms with Crippen molar-refractivity contribution < 1.29 is 22.3 Å². The zero-order valence-corrected chi connectivity index (χ0v) is 18.6. The van der Waals surface area contributed by atoms with E-state index in [-0.39, 0.29) is 18.4 Å². The van der Waals surface area contributed by atoms with Crippen LogP contribution in [-0.4, -0.2) is 36.3 Å². The van der Waals surface area contributed by atoms with Gasteiger partial charge in [-0.25, -0.2) is 0 Å². The molecule has 31 heavy (non-hydrogen) atoms. The van der Waals surface area contributed by atoms with Crippen LogP contribution in [0.5, 0.6) is 5.75 Å². The molecule has 3 saturated heterocycles. The van der Waals surface area contributed by atoms with Gasteiger partial charge >= 0.3 is 0 Å². The maximum absolute atomic E-state index is 11.8. The van der Waals surface area contributed by atoms with E-state index < -0.39 is 6.10 Å². The summed E-state index contributed by atoms with van der Waals surface area (Å²) >= 11 is 0. The second-order valence-electron chi connectivity index (χ2n) is 8.76. The molecule has 0 saturated carbocycles. The fraction of sp³-hybridized carbons (Fsp3) is 0.346. The van der Waals surface area contributed by atoms with Gasteiger partial charge in [-0.1, -0.05) is 24.3 Å². The zero-order chi connectivity index (χ0) is 20.7. The molecule has 162 valence electrons. The average Bonchev–Trinajstić information content (AvgIpc) is 2.83. The molecule has 5 unspecified atom stereocenters. The molecule has 3 aliphatic heterocycles. The van der Waals surface area contributed by atoms with Crippen molar-refractivity contribution >= 4 is 16.6 Å². The zero-order valence-electron chi connectivity index (χ0n) is 17.8. The van der Waals surface area contributed by atoms with E-state index in [1.807, 2.05) is 30.5 Å². The summed E-state index contributed by atoms with van der Waals surface area (Å²) in [4.78, 5) is 4.51. The van der Waals surface area contributed by atoms with Gasteiger partial charge in [0.25, 0.3) is 0 Å². The van der Waals surface area contributed by atoms with E-state index in [1.54, 1.807) is 7.11 Å². The largest absolute Gasteiger partial charge is 1.00 e. The first kappa shape index (κ1) is 21.8. The average molecular weight is 437 g/mol. The third-order valence-electron chi connectivity index (χ3n) is 7.46. The van der Waals surface area contributed by atoms with E-state index in [9.17, 15) is 5.11 Å². The molecule has 2 bridgehead atoms. The summed E-state index contributed by atoms with van der Waals surface area (Å²) in [6.07, 6.45) is 5.55. The summed E-state index contributed by atoms with van der Waals surface area (Å²) in [5.74, 6) is 1.87. The Balaban J connectivity index is 0.00000231. The Morgan fingerprint density at radius 3 is 2.74 bits per heavy atom. The van der Waals surface area contributed by atoms with Crippen molar-refractivity contribution in [2.75, 3.05) is 20.2 Å². The lowest BCUT2D eigenvalue weighted by atomic mass is 9.71. The van der Waals surface area contributed by atoms with Gasteiger partial charge in [0, 0.05) is 30.3 Å². The number of nitrogens with zero attached hydrogens (tertiary/aromatic N) is 2. The molecule has 5 atom stereocenters. The van der Waals surface area contributed by atoms with Crippen molar-refractivity contribution in [3.8, 4) is 5.75 Å². The summed E-state index contributed by atoms with van der Waals surface area (Å²) in [6, 6.07) is 18.7. The highest BCUT2D eigenvalue weighted by Gasteiger charge is 2.55. The molecule has 0 amide bonds. The number of pyridine rings is 1. The van der Waals surface area contributed by atoms with Crippen LogP contribution in [-0.2, 0) is 0 Å². The maximum atomic E-state index is 11.8. The van der Waals surface area contributed by atoms with E-state index in [0.717, 1.165) is 46.2 Å². The van der Waals surface area contributed by atoms with Crippen LogP contribution >= 0.6 is 0 Å². The van der Waals surface area contributed by atoms with E-state index in [1.165, 1.54) is 12.1 Å². The van der Waals surface area contributed by atoms with Crippen LogP contribution in [0.3, 0.4) is 0 Å². The first-order chi connectivity index (χ1) is 14.7. The van der Waals surface area contributed by atoms with Gasteiger partial charge in [0.2, 0.25) is 0 Å². The monoisotopic (exact) mass is 436 g/mol. The minimum atomic E-state index is -0.573. The van der Waals surface area contributed by atoms with Gasteiger partial charge in [-0.2, -0.15) is 0 Å². The van der Waals surface area contributed by atoms with Crippen molar-refractivity contribution in [2.24, 2.45) is 11.8 Å². The Morgan fingerprint density at radius 1 is 1.19 bits per heavy atom. The number of fused-ring (bicyclic) bond motifs is 4. The minimum absolute atomic E-state index is 0. The summed E-state index contributed by atoms with van der Waals surface area (Å²) in [6.45, 7) is 6.19. The molecule has 0 aliphatic carbocycles. The number of methoxy groups -OCH3 is 1. The van der Waals surface area contributed by atoms with Gasteiger partial charge in [-0.05, 0) is 47.9 Å². The van der Waals surface area contributed by atoms with Crippen molar-refractivity contribution in [2.45, 2.75) is 25.0 Å². The number of aliphatic hydroxyl groups is 1. The highest BCUT2D eigenvalue weighted by Crippen LogP contribution is 2.49. The Bertz CT molecular complexity index is 1070. The number of para-hydroxylation sites is 1. The van der Waals surface area contributed by atoms with Gasteiger partial charge in [0.15, 0.2) is 0 Å². The normalized spacial score (nSPS) is 28.0. The standard InChI is InChI=1S/C26H29N2O2.ClH/c1-3-18-17-28(20-7-5-4-6-8-20)14-12-19(18)15-25(28)26(29)22-11-13-27-24-10-9-21(30-2)16-23(22)24;/h3-11,13,16,18-19,25-26,29H,1,12,14-15,17H2,2H3;1H/q+1;/p-1. The van der Waals surface area contributed by atoms with E-state index in [4.69, 9.17) is 4.74 Å². The third kappa shape index (κ3) is 3.53. The number of hydrogen-bond acceptors (Lipinski definition) is 3. The lowest BCUT2D eigenvalue weighted by Crippen LogP contribution is -3.00. The van der Waals surface area contributed by atoms with Gasteiger partial charge in [0.05, 0.1) is 25.7 Å². The predicted octanol–water partition coefficient (Wildman–Crippen LogP) is 1.88. The summed E-state index contributed by atoms with van der Waals surface area (Å²) in [5, 5.41) is 12.8. The predicted molar refractivity (Wildman–Crippen MR) is 121 cm³/mol. The van der Waals surface area contributed by atoms with Crippen LogP contribution in [0.2, 0.25) is 0 Å². The second kappa shape index (κ2) is 8.62. The van der Waals surface area contributed by atoms with Crippen LogP contribution in [0.25, 0.3) is 10.9 Å². The molecule has 6 rings (SSSR count). The summed E-state index contributed by atoms with van der Waals surface area (Å²) in [7, 11) is 1.67. The van der Waals surface area contributed by atoms with Crippen molar-refractivity contribution in [3.63, 3.8) is 0 Å². The van der Waals surface area contributed by atoms with E-state index >= 15 is 0 Å². The first-order valence-electron chi connectivity index (χ1n) is 10.8. The van der Waals surface area contributed by atoms with Gasteiger partial charge < -0.3 is 22.3 Å². The Morgan fingerprint density at radius 2 is 2.00 bits per heavy atom. The van der Waals surface area contributed by atoms with Gasteiger partial charge in [-0.15, -0.1) is 6.58 Å². The number of aliphatic hydroxyl groups excluding tert-OH is 1. The first-order valence-corrected chi connectivity index (χ1v) is 10.8. The van der Waals surface area contributed by atoms with Gasteiger partial charge in [-0.3, -0.25) is 9.47 Å². The minimum Gasteiger partial charge on any atom is -1.00 e. The fourth-order valence-corrected chi connectivity index (χ4v) is 5.89. The molecule has 3 fully saturated rings. The van der Waals surface area contributed by atoms with Crippen LogP contribution in [0.15, 0.2) is 73.4 Å². The Hall–Kier alpha value is -2.40. The molecular weight excluding hydrogens is 408 g/mol. The SMILES string of the molecule is C=CC1C[N+]2(c3ccccc3)CCC1CC2C(O)c1ccnc2ccc(OC)cc12.[Cl-]. The topological polar surface area (TPSA) is 42.4 Å². The molecular formula is C26H29ClN2O2. The molecule has 3 aromatic rings. The van der Waals surface area contributed by atoms with Crippen molar-refractivity contribution in [1.29, 1.82) is 0 Å². The maximum Gasteiger partial charge on any atom is 0.133 e. The molecule has 5 heteroatoms. The molecule has 0 spiro atoms. The number of rotatable bonds is 5. The van der Waals surface area contributed by atoms with Crippen LogP contribution in [0.4, 0.5) is 5.69 Å². The van der Waals surface area contributed by atoms with Crippen LogP contribution < -0.4 is 21.6 Å². The quantitative estimate of drug-likeness (QED) is 0.490. The highest BCUT2D eigenvalue weighted by molar-refractivity contribution is 5.84. The lowest BCUT2D eigenvalue weighted by Gasteiger charge is -2.57. The van der Waals surface area contributed by atoms with E-state index in [0.29, 0.717) is 11.8 Å². The third-order valence-corrected chi connectivity index (χ3v) is 7.46. The Kier molecular flexibility index (Phi) is 6.07. The molecule has 1 N–H and O–H groups in total. The lowest BCUT2D eigenvalue weighted by molar-refractivity contribution is -0.0393.